The van der Waals surface area contributed by atoms with Gasteiger partial charge in [0.05, 0.1) is 0 Å². The number of hydrogen-bond donors (Lipinski definition) is 1. The first-order chi connectivity index (χ1) is 9.21. The molecule has 0 spiro atoms. The molecule has 1 atom stereocenters. The second-order valence-corrected chi connectivity index (χ2v) is 6.60. The number of rotatable bonds is 7. The Labute approximate surface area is 142 Å². The number of ether oxygens (including phenoxy) is 1. The molecule has 0 aromatic heterocycles. The van der Waals surface area contributed by atoms with Crippen LogP contribution in [0.1, 0.15) is 0 Å². The van der Waals surface area contributed by atoms with Crippen molar-refractivity contribution in [3.63, 3.8) is 0 Å². The molecule has 13 heteroatoms. The average molecular weight is 374 g/mol. The maximum atomic E-state index is 10.9. The van der Waals surface area contributed by atoms with Crippen molar-refractivity contribution >= 4 is 24.2 Å². The minimum absolute atomic E-state index is 0. The molecule has 0 aliphatic carbocycles. The van der Waals surface area contributed by atoms with E-state index < -0.39 is 40.8 Å². The smallest absolute Gasteiger partial charge is 1.00 e. The van der Waals surface area contributed by atoms with Gasteiger partial charge in [0, 0.05) is 0 Å². The molecular formula is C8H8AsN2NaO9. The molecule has 0 saturated heterocycles. The van der Waals surface area contributed by atoms with E-state index in [0.29, 0.717) is 6.07 Å². The number of nitrogens with zero attached hydrogens (tertiary/aromatic N) is 2. The molecule has 1 rings (SSSR count). The van der Waals surface area contributed by atoms with Gasteiger partial charge in [-0.1, -0.05) is 0 Å². The van der Waals surface area contributed by atoms with E-state index in [2.05, 4.69) is 4.84 Å². The second kappa shape index (κ2) is 8.37. The Kier molecular flexibility index (Phi) is 7.93. The zero-order valence-corrected chi connectivity index (χ0v) is 14.6. The van der Waals surface area contributed by atoms with Gasteiger partial charge in [-0.05, 0) is 0 Å². The fourth-order valence-corrected chi connectivity index (χ4v) is 2.36. The van der Waals surface area contributed by atoms with E-state index in [4.69, 9.17) is 8.83 Å². The Morgan fingerprint density at radius 2 is 1.86 bits per heavy atom. The van der Waals surface area contributed by atoms with Crippen LogP contribution in [0.25, 0.3) is 0 Å². The third-order valence-corrected chi connectivity index (χ3v) is 3.96. The molecule has 0 heterocycles. The molecule has 0 radical (unpaired) electrons. The molecule has 1 unspecified atom stereocenters. The minimum Gasteiger partial charge on any atom is 1.00 e. The summed E-state index contributed by atoms with van der Waals surface area (Å²) >= 11 is -5.50. The SMILES string of the molecule is O=[N+]([O-])OCCOc1ccc([As](=O)([O-])O)cc1[N+](=O)[O-].[Na+]. The summed E-state index contributed by atoms with van der Waals surface area (Å²) in [6, 6.07) is 2.56. The van der Waals surface area contributed by atoms with E-state index >= 15 is 0 Å². The summed E-state index contributed by atoms with van der Waals surface area (Å²) in [5.74, 6) is -0.297. The first kappa shape index (κ1) is 19.9. The summed E-state index contributed by atoms with van der Waals surface area (Å²) in [4.78, 5) is 23.7. The van der Waals surface area contributed by atoms with Gasteiger partial charge >= 0.3 is 143 Å². The zero-order chi connectivity index (χ0) is 15.3. The Hall–Kier alpha value is -1.10. The molecule has 1 aromatic rings. The number of hydrogen-bond acceptors (Lipinski definition) is 8. The largest absolute Gasteiger partial charge is 1.00 e. The summed E-state index contributed by atoms with van der Waals surface area (Å²) < 4.78 is 35.0. The van der Waals surface area contributed by atoms with Crippen molar-refractivity contribution in [2.45, 2.75) is 0 Å². The van der Waals surface area contributed by atoms with Crippen molar-refractivity contribution in [1.29, 1.82) is 0 Å². The van der Waals surface area contributed by atoms with Crippen LogP contribution in [0.3, 0.4) is 0 Å². The third-order valence-electron chi connectivity index (χ3n) is 2.00. The number of nitro groups is 1. The normalized spacial score (nSPS) is 12.7. The Balaban J connectivity index is 0.00000400. The van der Waals surface area contributed by atoms with Crippen molar-refractivity contribution in [2.75, 3.05) is 13.2 Å². The van der Waals surface area contributed by atoms with E-state index in [0.717, 1.165) is 12.1 Å². The Bertz CT molecular complexity index is 575. The molecule has 0 aliphatic heterocycles. The van der Waals surface area contributed by atoms with E-state index in [1.807, 2.05) is 0 Å². The van der Waals surface area contributed by atoms with Crippen LogP contribution in [0.2, 0.25) is 0 Å². The quantitative estimate of drug-likeness (QED) is 0.213. The van der Waals surface area contributed by atoms with Crippen LogP contribution in [0, 0.1) is 20.2 Å². The van der Waals surface area contributed by atoms with Crippen LogP contribution in [-0.4, -0.2) is 41.5 Å². The van der Waals surface area contributed by atoms with Gasteiger partial charge in [0.1, 0.15) is 0 Å². The van der Waals surface area contributed by atoms with Gasteiger partial charge in [-0.15, -0.1) is 0 Å². The first-order valence-corrected chi connectivity index (χ1v) is 8.25. The molecule has 110 valence electrons. The summed E-state index contributed by atoms with van der Waals surface area (Å²) in [6.45, 7) is -0.796. The molecule has 1 N–H and O–H groups in total. The van der Waals surface area contributed by atoms with Gasteiger partial charge < -0.3 is 0 Å². The maximum Gasteiger partial charge on any atom is 1.00 e. The van der Waals surface area contributed by atoms with Crippen LogP contribution >= 0.6 is 0 Å². The fraction of sp³-hybridized carbons (Fsp3) is 0.250. The van der Waals surface area contributed by atoms with Crippen molar-refractivity contribution in [3.8, 4) is 5.75 Å². The zero-order valence-electron chi connectivity index (χ0n) is 10.7. The van der Waals surface area contributed by atoms with Gasteiger partial charge in [0.2, 0.25) is 0 Å². The van der Waals surface area contributed by atoms with Crippen molar-refractivity contribution in [3.05, 3.63) is 38.4 Å². The average Bonchev–Trinajstić information content (AvgIpc) is 2.33. The Morgan fingerprint density at radius 3 is 2.33 bits per heavy atom. The molecule has 0 amide bonds. The summed E-state index contributed by atoms with van der Waals surface area (Å²) in [7, 11) is 0. The van der Waals surface area contributed by atoms with Gasteiger partial charge in [-0.3, -0.25) is 0 Å². The van der Waals surface area contributed by atoms with E-state index in [-0.39, 0.29) is 41.9 Å². The van der Waals surface area contributed by atoms with Gasteiger partial charge in [0.15, 0.2) is 0 Å². The van der Waals surface area contributed by atoms with Crippen LogP contribution in [0.15, 0.2) is 18.2 Å². The summed E-state index contributed by atoms with van der Waals surface area (Å²) in [6.07, 6.45) is 0. The first-order valence-electron chi connectivity index (χ1n) is 4.94. The molecule has 0 saturated carbocycles. The van der Waals surface area contributed by atoms with Gasteiger partial charge in [-0.25, -0.2) is 0 Å². The van der Waals surface area contributed by atoms with Gasteiger partial charge in [-0.2, -0.15) is 0 Å². The fourth-order valence-electron chi connectivity index (χ4n) is 1.21. The van der Waals surface area contributed by atoms with Crippen molar-refractivity contribution in [2.24, 2.45) is 0 Å². The molecule has 11 nitrogen and oxygen atoms in total. The topological polar surface area (TPSA) is 165 Å². The summed E-state index contributed by atoms with van der Waals surface area (Å²) in [5, 5.41) is 19.6. The van der Waals surface area contributed by atoms with Crippen LogP contribution in [-0.2, 0) is 8.58 Å². The predicted molar refractivity (Wildman–Crippen MR) is 59.8 cm³/mol. The van der Waals surface area contributed by atoms with Crippen molar-refractivity contribution in [1.82, 2.24) is 0 Å². The van der Waals surface area contributed by atoms with Crippen molar-refractivity contribution < 1.29 is 61.1 Å². The predicted octanol–water partition coefficient (Wildman–Crippen LogP) is -4.89. The molecule has 0 aliphatic rings. The van der Waals surface area contributed by atoms with E-state index in [1.54, 1.807) is 0 Å². The molecular weight excluding hydrogens is 366 g/mol. The van der Waals surface area contributed by atoms with E-state index in [1.165, 1.54) is 0 Å². The molecule has 21 heavy (non-hydrogen) atoms. The molecule has 0 fully saturated rings. The maximum absolute atomic E-state index is 10.9. The molecule has 1 aromatic carbocycles. The number of benzene rings is 1. The van der Waals surface area contributed by atoms with E-state index in [9.17, 15) is 28.1 Å². The van der Waals surface area contributed by atoms with Crippen LogP contribution in [0.4, 0.5) is 5.69 Å². The monoisotopic (exact) mass is 374 g/mol. The Morgan fingerprint density at radius 1 is 1.24 bits per heavy atom. The minimum atomic E-state index is -5.50. The standard InChI is InChI=1S/C8H9AsN2O9.Na/c12-9(13,14)6-1-2-8(7(5-6)10(15)16)19-3-4-20-11(17)18;/h1-2,5H,3-4H2,(H2,12,13,14);/q;+1/p-1. The van der Waals surface area contributed by atoms with Crippen LogP contribution < -0.4 is 42.7 Å². The third kappa shape index (κ3) is 6.46. The van der Waals surface area contributed by atoms with Gasteiger partial charge in [0.25, 0.3) is 0 Å². The second-order valence-electron chi connectivity index (χ2n) is 3.33. The van der Waals surface area contributed by atoms with Crippen LogP contribution in [0.5, 0.6) is 5.75 Å². The molecule has 0 bridgehead atoms. The number of nitro benzene ring substituents is 1. The summed E-state index contributed by atoms with van der Waals surface area (Å²) in [5.41, 5.74) is -0.685.